The summed E-state index contributed by atoms with van der Waals surface area (Å²) >= 11 is 0. The Bertz CT molecular complexity index is 2370. The van der Waals surface area contributed by atoms with Gasteiger partial charge in [-0.2, -0.15) is 5.10 Å². The maximum absolute atomic E-state index is 6.70. The average Bonchev–Trinajstić information content (AvgIpc) is 3.68. The van der Waals surface area contributed by atoms with E-state index in [2.05, 4.69) is 176 Å². The second-order valence-corrected chi connectivity index (χ2v) is 16.3. The van der Waals surface area contributed by atoms with Crippen molar-refractivity contribution in [3.8, 4) is 34.1 Å². The van der Waals surface area contributed by atoms with E-state index < -0.39 is 0 Å². The van der Waals surface area contributed by atoms with Crippen LogP contribution in [-0.2, 0) is 5.41 Å². The fourth-order valence-electron chi connectivity index (χ4n) is 7.30. The SMILES string of the molecule is CC(C)c1nn(-c2cccc(Oc3ccc4c5cc(C(C)C(C)C)ccc5n(-c5cc(C(C)(C)C)ccn5)c4c3)c2)c(C(C)C)c1-c1ccccc1. The van der Waals surface area contributed by atoms with Crippen molar-refractivity contribution >= 4 is 21.8 Å². The number of hydrogen-bond donors (Lipinski definition) is 0. The zero-order valence-electron chi connectivity index (χ0n) is 32.4. The fraction of sp³-hybridized carbons (Fsp3) is 0.319. The smallest absolute Gasteiger partial charge is 0.137 e. The Morgan fingerprint density at radius 3 is 2.10 bits per heavy atom. The van der Waals surface area contributed by atoms with Crippen LogP contribution in [-0.4, -0.2) is 19.3 Å². The minimum Gasteiger partial charge on any atom is -0.457 e. The first kappa shape index (κ1) is 35.3. The molecule has 1 atom stereocenters. The Balaban J connectivity index is 1.34. The lowest BCUT2D eigenvalue weighted by Gasteiger charge is -2.20. The monoisotopic (exact) mass is 688 g/mol. The van der Waals surface area contributed by atoms with E-state index in [0.29, 0.717) is 11.8 Å². The quantitative estimate of drug-likeness (QED) is 0.152. The van der Waals surface area contributed by atoms with Crippen LogP contribution in [0.15, 0.2) is 109 Å². The number of nitrogens with zero attached hydrogens (tertiary/aromatic N) is 4. The second kappa shape index (κ2) is 13.8. The summed E-state index contributed by atoms with van der Waals surface area (Å²) in [4.78, 5) is 4.92. The highest BCUT2D eigenvalue weighted by atomic mass is 16.5. The van der Waals surface area contributed by atoms with Crippen LogP contribution in [0.5, 0.6) is 11.5 Å². The maximum atomic E-state index is 6.70. The minimum atomic E-state index is -0.00257. The number of aromatic nitrogens is 4. The van der Waals surface area contributed by atoms with Crippen molar-refractivity contribution in [3.05, 3.63) is 132 Å². The van der Waals surface area contributed by atoms with Gasteiger partial charge in [0.05, 0.1) is 28.1 Å². The van der Waals surface area contributed by atoms with E-state index >= 15 is 0 Å². The fourth-order valence-corrected chi connectivity index (χ4v) is 7.30. The van der Waals surface area contributed by atoms with Crippen LogP contribution < -0.4 is 4.74 Å². The van der Waals surface area contributed by atoms with Gasteiger partial charge in [-0.1, -0.05) is 112 Å². The molecule has 5 heteroatoms. The van der Waals surface area contributed by atoms with Gasteiger partial charge in [0.25, 0.3) is 0 Å². The maximum Gasteiger partial charge on any atom is 0.137 e. The molecule has 5 nitrogen and oxygen atoms in total. The molecule has 7 rings (SSSR count). The molecule has 3 aromatic heterocycles. The van der Waals surface area contributed by atoms with Gasteiger partial charge in [-0.05, 0) is 94.3 Å². The molecule has 0 bridgehead atoms. The number of pyridine rings is 1. The van der Waals surface area contributed by atoms with Crippen LogP contribution >= 0.6 is 0 Å². The van der Waals surface area contributed by atoms with Crippen molar-refractivity contribution < 1.29 is 4.74 Å². The summed E-state index contributed by atoms with van der Waals surface area (Å²) < 4.78 is 11.1. The molecule has 7 aromatic rings. The number of fused-ring (bicyclic) bond motifs is 3. The summed E-state index contributed by atoms with van der Waals surface area (Å²) in [5.74, 6) is 3.98. The third-order valence-electron chi connectivity index (χ3n) is 10.5. The summed E-state index contributed by atoms with van der Waals surface area (Å²) in [6.45, 7) is 22.6. The molecule has 0 spiro atoms. The summed E-state index contributed by atoms with van der Waals surface area (Å²) in [5, 5.41) is 7.65. The van der Waals surface area contributed by atoms with Gasteiger partial charge < -0.3 is 4.74 Å². The summed E-state index contributed by atoms with van der Waals surface area (Å²) in [5.41, 5.74) is 10.5. The molecule has 0 amide bonds. The first-order valence-corrected chi connectivity index (χ1v) is 18.8. The zero-order chi connectivity index (χ0) is 36.9. The van der Waals surface area contributed by atoms with Crippen LogP contribution in [0.4, 0.5) is 0 Å². The van der Waals surface area contributed by atoms with Crippen molar-refractivity contribution in [3.63, 3.8) is 0 Å². The van der Waals surface area contributed by atoms with Crippen LogP contribution in [0.1, 0.15) is 110 Å². The second-order valence-electron chi connectivity index (χ2n) is 16.3. The Labute approximate surface area is 309 Å². The molecule has 52 heavy (non-hydrogen) atoms. The molecule has 0 aliphatic heterocycles. The molecular formula is C47H52N4O. The van der Waals surface area contributed by atoms with Gasteiger partial charge in [-0.25, -0.2) is 9.67 Å². The highest BCUT2D eigenvalue weighted by molar-refractivity contribution is 6.09. The Hall–Kier alpha value is -5.16. The zero-order valence-corrected chi connectivity index (χ0v) is 32.4. The van der Waals surface area contributed by atoms with E-state index in [1.165, 1.54) is 38.7 Å². The number of ether oxygens (including phenoxy) is 1. The predicted molar refractivity (Wildman–Crippen MR) is 218 cm³/mol. The van der Waals surface area contributed by atoms with Crippen LogP contribution in [0, 0.1) is 5.92 Å². The van der Waals surface area contributed by atoms with Crippen molar-refractivity contribution in [2.45, 2.75) is 92.4 Å². The van der Waals surface area contributed by atoms with Crippen LogP contribution in [0.25, 0.3) is 44.4 Å². The number of benzene rings is 4. The topological polar surface area (TPSA) is 44.9 Å². The van der Waals surface area contributed by atoms with Crippen LogP contribution in [0.2, 0.25) is 0 Å². The van der Waals surface area contributed by atoms with E-state index in [0.717, 1.165) is 39.7 Å². The molecule has 0 aliphatic rings. The van der Waals surface area contributed by atoms with E-state index in [4.69, 9.17) is 14.8 Å². The Morgan fingerprint density at radius 1 is 0.654 bits per heavy atom. The molecule has 0 N–H and O–H groups in total. The van der Waals surface area contributed by atoms with Gasteiger partial charge in [0.1, 0.15) is 17.3 Å². The van der Waals surface area contributed by atoms with Crippen molar-refractivity contribution in [1.29, 1.82) is 0 Å². The van der Waals surface area contributed by atoms with Crippen molar-refractivity contribution in [2.24, 2.45) is 5.92 Å². The number of hydrogen-bond acceptors (Lipinski definition) is 3. The van der Waals surface area contributed by atoms with Gasteiger partial charge in [0.2, 0.25) is 0 Å². The first-order chi connectivity index (χ1) is 24.8. The van der Waals surface area contributed by atoms with Crippen LogP contribution in [0.3, 0.4) is 0 Å². The third kappa shape index (κ3) is 6.53. The summed E-state index contributed by atoms with van der Waals surface area (Å²) in [6.07, 6.45) is 1.93. The van der Waals surface area contributed by atoms with E-state index in [1.807, 2.05) is 12.3 Å². The molecule has 1 unspecified atom stereocenters. The molecule has 0 saturated carbocycles. The van der Waals surface area contributed by atoms with Crippen molar-refractivity contribution in [1.82, 2.24) is 19.3 Å². The van der Waals surface area contributed by atoms with Gasteiger partial charge in [0, 0.05) is 34.7 Å². The summed E-state index contributed by atoms with van der Waals surface area (Å²) in [7, 11) is 0. The lowest BCUT2D eigenvalue weighted by atomic mass is 9.88. The largest absolute Gasteiger partial charge is 0.457 e. The molecule has 4 aromatic carbocycles. The normalized spacial score (nSPS) is 12.9. The molecule has 3 heterocycles. The average molecular weight is 689 g/mol. The Kier molecular flexibility index (Phi) is 9.33. The molecule has 0 fully saturated rings. The minimum absolute atomic E-state index is 0.00257. The molecular weight excluding hydrogens is 637 g/mol. The standard InChI is InChI=1S/C47H52N4O/c1-29(2)32(7)34-19-22-41-40(25-34)39-21-20-38(28-42(39)50(41)43-26-35(23-24-48-43)47(8,9)10)52-37-18-14-17-36(27-37)51-46(31(5)6)44(45(49-51)30(3)4)33-15-12-11-13-16-33/h11-32H,1-10H3. The first-order valence-electron chi connectivity index (χ1n) is 18.8. The predicted octanol–water partition coefficient (Wildman–Crippen LogP) is 13.1. The molecule has 266 valence electrons. The number of rotatable bonds is 9. The Morgan fingerprint density at radius 2 is 1.40 bits per heavy atom. The summed E-state index contributed by atoms with van der Waals surface area (Å²) in [6, 6.07) is 36.7. The van der Waals surface area contributed by atoms with Gasteiger partial charge in [-0.15, -0.1) is 0 Å². The van der Waals surface area contributed by atoms with Gasteiger partial charge in [0.15, 0.2) is 0 Å². The highest BCUT2D eigenvalue weighted by Gasteiger charge is 2.25. The van der Waals surface area contributed by atoms with E-state index in [-0.39, 0.29) is 17.3 Å². The lowest BCUT2D eigenvalue weighted by Crippen LogP contribution is -2.12. The highest BCUT2D eigenvalue weighted by Crippen LogP contribution is 2.40. The third-order valence-corrected chi connectivity index (χ3v) is 10.5. The van der Waals surface area contributed by atoms with Crippen molar-refractivity contribution in [2.75, 3.05) is 0 Å². The molecule has 0 radical (unpaired) electrons. The van der Waals surface area contributed by atoms with E-state index in [9.17, 15) is 0 Å². The molecule has 0 aliphatic carbocycles. The van der Waals surface area contributed by atoms with Gasteiger partial charge in [-0.3, -0.25) is 4.57 Å². The van der Waals surface area contributed by atoms with Gasteiger partial charge >= 0.3 is 0 Å². The lowest BCUT2D eigenvalue weighted by molar-refractivity contribution is 0.482. The van der Waals surface area contributed by atoms with E-state index in [1.54, 1.807) is 0 Å². The molecule has 0 saturated heterocycles.